The number of hydrogen-bond donors (Lipinski definition) is 1. The summed E-state index contributed by atoms with van der Waals surface area (Å²) in [6.07, 6.45) is 6.57. The van der Waals surface area contributed by atoms with E-state index in [-0.39, 0.29) is 0 Å². The molecular formula is C16H24N4. The van der Waals surface area contributed by atoms with Crippen molar-refractivity contribution < 1.29 is 0 Å². The molecular weight excluding hydrogens is 248 g/mol. The highest BCUT2D eigenvalue weighted by Crippen LogP contribution is 2.22. The first-order chi connectivity index (χ1) is 9.74. The number of nitrogens with one attached hydrogen (secondary N) is 1. The molecule has 0 amide bonds. The second-order valence-corrected chi connectivity index (χ2v) is 5.26. The second kappa shape index (κ2) is 7.08. The van der Waals surface area contributed by atoms with Gasteiger partial charge < -0.3 is 9.88 Å². The monoisotopic (exact) mass is 272 g/mol. The largest absolute Gasteiger partial charge is 0.382 e. The van der Waals surface area contributed by atoms with E-state index in [1.54, 1.807) is 6.33 Å². The van der Waals surface area contributed by atoms with Crippen LogP contribution in [-0.2, 0) is 7.05 Å². The highest BCUT2D eigenvalue weighted by molar-refractivity contribution is 5.62. The molecule has 0 aliphatic carbocycles. The first kappa shape index (κ1) is 14.6. The summed E-state index contributed by atoms with van der Waals surface area (Å²) in [7, 11) is 1.96. The highest BCUT2D eigenvalue weighted by Gasteiger charge is 2.09. The van der Waals surface area contributed by atoms with Gasteiger partial charge in [0.25, 0.3) is 0 Å². The topological polar surface area (TPSA) is 42.7 Å². The Morgan fingerprint density at radius 2 is 1.95 bits per heavy atom. The van der Waals surface area contributed by atoms with Crippen molar-refractivity contribution in [2.24, 2.45) is 7.05 Å². The standard InChI is InChI=1S/C16H24N4/c1-4-7-14(8-5-2)18-15-10-6-9-13(11-15)16-19-17-12-20(16)3/h6,9-12,14,18H,4-5,7-8H2,1-3H3. The van der Waals surface area contributed by atoms with Gasteiger partial charge >= 0.3 is 0 Å². The van der Waals surface area contributed by atoms with E-state index in [9.17, 15) is 0 Å². The van der Waals surface area contributed by atoms with E-state index < -0.39 is 0 Å². The Labute approximate surface area is 121 Å². The number of aryl methyl sites for hydroxylation is 1. The van der Waals surface area contributed by atoms with E-state index >= 15 is 0 Å². The SMILES string of the molecule is CCCC(CCC)Nc1cccc(-c2nncn2C)c1. The molecule has 2 aromatic rings. The lowest BCUT2D eigenvalue weighted by Crippen LogP contribution is -2.18. The first-order valence-corrected chi connectivity index (χ1v) is 7.45. The molecule has 0 unspecified atom stereocenters. The Morgan fingerprint density at radius 3 is 2.55 bits per heavy atom. The maximum atomic E-state index is 4.16. The summed E-state index contributed by atoms with van der Waals surface area (Å²) >= 11 is 0. The molecule has 4 heteroatoms. The summed E-state index contributed by atoms with van der Waals surface area (Å²) in [6.45, 7) is 4.47. The van der Waals surface area contributed by atoms with Crippen molar-refractivity contribution in [3.05, 3.63) is 30.6 Å². The van der Waals surface area contributed by atoms with E-state index in [1.165, 1.54) is 25.7 Å². The van der Waals surface area contributed by atoms with E-state index in [0.717, 1.165) is 17.1 Å². The Morgan fingerprint density at radius 1 is 1.20 bits per heavy atom. The minimum absolute atomic E-state index is 0.555. The first-order valence-electron chi connectivity index (χ1n) is 7.45. The van der Waals surface area contributed by atoms with Gasteiger partial charge in [0.1, 0.15) is 6.33 Å². The van der Waals surface area contributed by atoms with E-state index in [1.807, 2.05) is 11.6 Å². The van der Waals surface area contributed by atoms with Crippen molar-refractivity contribution in [3.63, 3.8) is 0 Å². The van der Waals surface area contributed by atoms with Crippen molar-refractivity contribution in [2.75, 3.05) is 5.32 Å². The van der Waals surface area contributed by atoms with Crippen LogP contribution >= 0.6 is 0 Å². The summed E-state index contributed by atoms with van der Waals surface area (Å²) in [5.41, 5.74) is 2.26. The molecule has 0 fully saturated rings. The van der Waals surface area contributed by atoms with E-state index in [2.05, 4.69) is 53.6 Å². The summed E-state index contributed by atoms with van der Waals surface area (Å²) in [4.78, 5) is 0. The van der Waals surface area contributed by atoms with Crippen LogP contribution in [0.3, 0.4) is 0 Å². The smallest absolute Gasteiger partial charge is 0.163 e. The zero-order valence-electron chi connectivity index (χ0n) is 12.6. The van der Waals surface area contributed by atoms with Crippen molar-refractivity contribution in [1.29, 1.82) is 0 Å². The second-order valence-electron chi connectivity index (χ2n) is 5.26. The maximum absolute atomic E-state index is 4.16. The molecule has 1 N–H and O–H groups in total. The van der Waals surface area contributed by atoms with Crippen molar-refractivity contribution >= 4 is 5.69 Å². The minimum Gasteiger partial charge on any atom is -0.382 e. The molecule has 0 aliphatic heterocycles. The van der Waals surface area contributed by atoms with Crippen LogP contribution in [0.25, 0.3) is 11.4 Å². The Kier molecular flexibility index (Phi) is 5.16. The van der Waals surface area contributed by atoms with Gasteiger partial charge in [-0.3, -0.25) is 0 Å². The van der Waals surface area contributed by atoms with Crippen LogP contribution in [0.1, 0.15) is 39.5 Å². The zero-order valence-corrected chi connectivity index (χ0v) is 12.6. The molecule has 4 nitrogen and oxygen atoms in total. The fourth-order valence-corrected chi connectivity index (χ4v) is 2.51. The Balaban J connectivity index is 2.15. The Bertz CT molecular complexity index is 527. The number of nitrogens with zero attached hydrogens (tertiary/aromatic N) is 3. The van der Waals surface area contributed by atoms with Gasteiger partial charge in [-0.05, 0) is 25.0 Å². The molecule has 0 saturated carbocycles. The predicted octanol–water partition coefficient (Wildman–Crippen LogP) is 3.86. The van der Waals surface area contributed by atoms with Gasteiger partial charge in [0, 0.05) is 24.3 Å². The molecule has 108 valence electrons. The number of aromatic nitrogens is 3. The Hall–Kier alpha value is -1.84. The minimum atomic E-state index is 0.555. The maximum Gasteiger partial charge on any atom is 0.163 e. The molecule has 20 heavy (non-hydrogen) atoms. The molecule has 0 bridgehead atoms. The van der Waals surface area contributed by atoms with Crippen LogP contribution in [-0.4, -0.2) is 20.8 Å². The zero-order chi connectivity index (χ0) is 14.4. The predicted molar refractivity (Wildman–Crippen MR) is 83.7 cm³/mol. The molecule has 1 aromatic carbocycles. The van der Waals surface area contributed by atoms with Gasteiger partial charge in [-0.15, -0.1) is 10.2 Å². The van der Waals surface area contributed by atoms with Gasteiger partial charge in [-0.25, -0.2) is 0 Å². The van der Waals surface area contributed by atoms with E-state index in [4.69, 9.17) is 0 Å². The van der Waals surface area contributed by atoms with Gasteiger partial charge in [0.05, 0.1) is 0 Å². The summed E-state index contributed by atoms with van der Waals surface area (Å²) in [6, 6.07) is 8.98. The summed E-state index contributed by atoms with van der Waals surface area (Å²) in [5, 5.41) is 11.7. The number of anilines is 1. The van der Waals surface area contributed by atoms with Crippen LogP contribution in [0.2, 0.25) is 0 Å². The molecule has 1 aromatic heterocycles. The molecule has 2 rings (SSSR count). The third-order valence-electron chi connectivity index (χ3n) is 3.48. The third-order valence-corrected chi connectivity index (χ3v) is 3.48. The average Bonchev–Trinajstić information content (AvgIpc) is 2.86. The normalized spacial score (nSPS) is 11.0. The van der Waals surface area contributed by atoms with Crippen LogP contribution in [0.15, 0.2) is 30.6 Å². The summed E-state index contributed by atoms with van der Waals surface area (Å²) in [5.74, 6) is 0.899. The number of benzene rings is 1. The molecule has 0 aliphatic rings. The van der Waals surface area contributed by atoms with Gasteiger partial charge in [-0.1, -0.05) is 38.8 Å². The number of hydrogen-bond acceptors (Lipinski definition) is 3. The van der Waals surface area contributed by atoms with Crippen molar-refractivity contribution in [2.45, 2.75) is 45.6 Å². The van der Waals surface area contributed by atoms with Crippen molar-refractivity contribution in [1.82, 2.24) is 14.8 Å². The fraction of sp³-hybridized carbons (Fsp3) is 0.500. The molecule has 0 radical (unpaired) electrons. The lowest BCUT2D eigenvalue weighted by molar-refractivity contribution is 0.586. The fourth-order valence-electron chi connectivity index (χ4n) is 2.51. The van der Waals surface area contributed by atoms with Crippen LogP contribution in [0.4, 0.5) is 5.69 Å². The van der Waals surface area contributed by atoms with Crippen LogP contribution in [0.5, 0.6) is 0 Å². The highest BCUT2D eigenvalue weighted by atomic mass is 15.2. The quantitative estimate of drug-likeness (QED) is 0.832. The van der Waals surface area contributed by atoms with Crippen molar-refractivity contribution in [3.8, 4) is 11.4 Å². The van der Waals surface area contributed by atoms with Gasteiger partial charge in [-0.2, -0.15) is 0 Å². The molecule has 0 atom stereocenters. The molecule has 0 spiro atoms. The van der Waals surface area contributed by atoms with E-state index in [0.29, 0.717) is 6.04 Å². The van der Waals surface area contributed by atoms with Crippen LogP contribution < -0.4 is 5.32 Å². The third kappa shape index (κ3) is 3.59. The molecule has 1 heterocycles. The molecule has 0 saturated heterocycles. The van der Waals surface area contributed by atoms with Crippen LogP contribution in [0, 0.1) is 0 Å². The number of rotatable bonds is 7. The van der Waals surface area contributed by atoms with Gasteiger partial charge in [0.2, 0.25) is 0 Å². The summed E-state index contributed by atoms with van der Waals surface area (Å²) < 4.78 is 1.94. The average molecular weight is 272 g/mol. The van der Waals surface area contributed by atoms with Gasteiger partial charge in [0.15, 0.2) is 5.82 Å². The lowest BCUT2D eigenvalue weighted by Gasteiger charge is -2.19. The lowest BCUT2D eigenvalue weighted by atomic mass is 10.1.